The van der Waals surface area contributed by atoms with E-state index in [9.17, 15) is 23.1 Å². The summed E-state index contributed by atoms with van der Waals surface area (Å²) in [5.74, 6) is -1.16. The van der Waals surface area contributed by atoms with E-state index in [1.165, 1.54) is 18.4 Å². The van der Waals surface area contributed by atoms with E-state index in [1.807, 2.05) is 13.8 Å². The van der Waals surface area contributed by atoms with Crippen LogP contribution < -0.4 is 0 Å². The van der Waals surface area contributed by atoms with Gasteiger partial charge in [0.05, 0.1) is 6.26 Å². The molecule has 0 saturated heterocycles. The van der Waals surface area contributed by atoms with Gasteiger partial charge in [-0.15, -0.1) is 0 Å². The first-order valence-electron chi connectivity index (χ1n) is 6.88. The fourth-order valence-corrected chi connectivity index (χ4v) is 2.15. The Morgan fingerprint density at radius 1 is 1.55 bits per heavy atom. The predicted molar refractivity (Wildman–Crippen MR) is 72.0 cm³/mol. The number of carbonyl (C=O) groups excluding carboxylic acids is 1. The molecule has 1 aromatic rings. The summed E-state index contributed by atoms with van der Waals surface area (Å²) in [5.41, 5.74) is -3.18. The van der Waals surface area contributed by atoms with Crippen molar-refractivity contribution in [1.29, 1.82) is 0 Å². The van der Waals surface area contributed by atoms with Gasteiger partial charge in [-0.25, -0.2) is 0 Å². The van der Waals surface area contributed by atoms with Gasteiger partial charge in [0.2, 0.25) is 0 Å². The van der Waals surface area contributed by atoms with Crippen molar-refractivity contribution in [3.8, 4) is 0 Å². The Morgan fingerprint density at radius 3 is 2.73 bits per heavy atom. The van der Waals surface area contributed by atoms with Crippen LogP contribution in [0.15, 0.2) is 27.9 Å². The number of hydrogen-bond donors (Lipinski definition) is 1. The molecule has 0 spiro atoms. The second-order valence-corrected chi connectivity index (χ2v) is 5.68. The first-order valence-corrected chi connectivity index (χ1v) is 6.88. The number of hydrogen-bond acceptors (Lipinski definition) is 4. The van der Waals surface area contributed by atoms with E-state index in [0.717, 1.165) is 0 Å². The maximum atomic E-state index is 13.2. The van der Waals surface area contributed by atoms with E-state index in [2.05, 4.69) is 5.10 Å². The summed E-state index contributed by atoms with van der Waals surface area (Å²) in [7, 11) is 0. The average molecular weight is 318 g/mol. The summed E-state index contributed by atoms with van der Waals surface area (Å²) in [6, 6.07) is 2.60. The Kier molecular flexibility index (Phi) is 4.32. The Balaban J connectivity index is 2.29. The van der Waals surface area contributed by atoms with Crippen LogP contribution in [0.4, 0.5) is 13.2 Å². The molecule has 0 aliphatic carbocycles. The standard InChI is InChI=1S/C14H17F3N2O3/c1-9(2)5-6-10-8-13(21,14(15,16)17)19(18-10)12(20)11-4-3-7-22-11/h3-4,7,9,21H,5-6,8H2,1-2H3/t13-/m0/s1. The quantitative estimate of drug-likeness (QED) is 0.927. The Morgan fingerprint density at radius 2 is 2.23 bits per heavy atom. The van der Waals surface area contributed by atoms with Gasteiger partial charge in [-0.05, 0) is 30.9 Å². The monoisotopic (exact) mass is 318 g/mol. The van der Waals surface area contributed by atoms with Crippen molar-refractivity contribution in [2.24, 2.45) is 11.0 Å². The molecule has 0 saturated carbocycles. The second-order valence-electron chi connectivity index (χ2n) is 5.68. The fraction of sp³-hybridized carbons (Fsp3) is 0.571. The lowest BCUT2D eigenvalue weighted by Crippen LogP contribution is -2.56. The minimum atomic E-state index is -5.02. The van der Waals surface area contributed by atoms with E-state index < -0.39 is 24.2 Å². The number of hydrazone groups is 1. The highest BCUT2D eigenvalue weighted by atomic mass is 19.4. The van der Waals surface area contributed by atoms with Gasteiger partial charge >= 0.3 is 12.1 Å². The third kappa shape index (κ3) is 3.01. The molecule has 122 valence electrons. The highest BCUT2D eigenvalue weighted by molar-refractivity contribution is 5.96. The minimum Gasteiger partial charge on any atom is -0.459 e. The lowest BCUT2D eigenvalue weighted by atomic mass is 9.99. The Hall–Kier alpha value is -1.83. The summed E-state index contributed by atoms with van der Waals surface area (Å²) in [6.07, 6.45) is -3.68. The zero-order chi connectivity index (χ0) is 16.5. The maximum Gasteiger partial charge on any atom is 0.438 e. The first-order chi connectivity index (χ1) is 10.1. The molecule has 5 nitrogen and oxygen atoms in total. The summed E-state index contributed by atoms with van der Waals surface area (Å²) in [6.45, 7) is 3.86. The van der Waals surface area contributed by atoms with Gasteiger partial charge in [-0.2, -0.15) is 23.3 Å². The molecule has 22 heavy (non-hydrogen) atoms. The number of rotatable bonds is 4. The van der Waals surface area contributed by atoms with Crippen LogP contribution in [-0.2, 0) is 0 Å². The van der Waals surface area contributed by atoms with E-state index in [0.29, 0.717) is 6.42 Å². The maximum absolute atomic E-state index is 13.2. The topological polar surface area (TPSA) is 66.0 Å². The first kappa shape index (κ1) is 16.5. The lowest BCUT2D eigenvalue weighted by molar-refractivity contribution is -0.297. The molecule has 1 N–H and O–H groups in total. The van der Waals surface area contributed by atoms with Crippen LogP contribution in [0.25, 0.3) is 0 Å². The number of carbonyl (C=O) groups is 1. The predicted octanol–water partition coefficient (Wildman–Crippen LogP) is 3.17. The summed E-state index contributed by atoms with van der Waals surface area (Å²) in [4.78, 5) is 12.1. The molecule has 0 radical (unpaired) electrons. The largest absolute Gasteiger partial charge is 0.459 e. The van der Waals surface area contributed by atoms with E-state index in [1.54, 1.807) is 0 Å². The van der Waals surface area contributed by atoms with Crippen LogP contribution in [0, 0.1) is 5.92 Å². The van der Waals surface area contributed by atoms with E-state index in [4.69, 9.17) is 4.42 Å². The van der Waals surface area contributed by atoms with Crippen molar-refractivity contribution in [3.05, 3.63) is 24.2 Å². The molecular formula is C14H17F3N2O3. The number of halogens is 3. The van der Waals surface area contributed by atoms with Crippen molar-refractivity contribution in [2.45, 2.75) is 45.0 Å². The molecule has 8 heteroatoms. The van der Waals surface area contributed by atoms with Gasteiger partial charge in [0.15, 0.2) is 5.76 Å². The van der Waals surface area contributed by atoms with Crippen LogP contribution in [0.3, 0.4) is 0 Å². The molecule has 0 unspecified atom stereocenters. The zero-order valence-electron chi connectivity index (χ0n) is 12.2. The van der Waals surface area contributed by atoms with Crippen molar-refractivity contribution < 1.29 is 27.5 Å². The summed E-state index contributed by atoms with van der Waals surface area (Å²) < 4.78 is 44.5. The SMILES string of the molecule is CC(C)CCC1=NN(C(=O)c2ccco2)[C@@](O)(C(F)(F)F)C1. The van der Waals surface area contributed by atoms with Gasteiger partial charge in [0.1, 0.15) is 0 Å². The molecule has 2 heterocycles. The van der Waals surface area contributed by atoms with Crippen molar-refractivity contribution in [2.75, 3.05) is 0 Å². The van der Waals surface area contributed by atoms with Gasteiger partial charge in [0, 0.05) is 12.1 Å². The second kappa shape index (κ2) is 5.75. The van der Waals surface area contributed by atoms with Crippen LogP contribution >= 0.6 is 0 Å². The molecule has 1 amide bonds. The number of furan rings is 1. The summed E-state index contributed by atoms with van der Waals surface area (Å²) >= 11 is 0. The van der Waals surface area contributed by atoms with Crippen LogP contribution in [0.5, 0.6) is 0 Å². The lowest BCUT2D eigenvalue weighted by Gasteiger charge is -2.32. The molecule has 0 aromatic carbocycles. The van der Waals surface area contributed by atoms with Gasteiger partial charge < -0.3 is 9.52 Å². The minimum absolute atomic E-state index is 0.0848. The molecular weight excluding hydrogens is 301 g/mol. The van der Waals surface area contributed by atoms with E-state index in [-0.39, 0.29) is 28.8 Å². The third-order valence-electron chi connectivity index (χ3n) is 3.43. The van der Waals surface area contributed by atoms with Crippen LogP contribution in [0.1, 0.15) is 43.7 Å². The van der Waals surface area contributed by atoms with Crippen molar-refractivity contribution in [1.82, 2.24) is 5.01 Å². The molecule has 2 rings (SSSR count). The number of amides is 1. The van der Waals surface area contributed by atoms with Crippen LogP contribution in [0.2, 0.25) is 0 Å². The van der Waals surface area contributed by atoms with Gasteiger partial charge in [-0.1, -0.05) is 13.8 Å². The van der Waals surface area contributed by atoms with Crippen molar-refractivity contribution in [3.63, 3.8) is 0 Å². The number of nitrogens with zero attached hydrogens (tertiary/aromatic N) is 2. The molecule has 1 aromatic heterocycles. The van der Waals surface area contributed by atoms with Gasteiger partial charge in [0.25, 0.3) is 5.72 Å². The Labute approximate surface area is 125 Å². The highest BCUT2D eigenvalue weighted by Gasteiger charge is 2.63. The smallest absolute Gasteiger partial charge is 0.438 e. The molecule has 0 fully saturated rings. The Bertz CT molecular complexity index is 566. The molecule has 1 aliphatic heterocycles. The zero-order valence-corrected chi connectivity index (χ0v) is 12.2. The van der Waals surface area contributed by atoms with Gasteiger partial charge in [-0.3, -0.25) is 4.79 Å². The molecule has 0 bridgehead atoms. The molecule has 1 atom stereocenters. The van der Waals surface area contributed by atoms with E-state index >= 15 is 0 Å². The number of alkyl halides is 3. The third-order valence-corrected chi connectivity index (χ3v) is 3.43. The summed E-state index contributed by atoms with van der Waals surface area (Å²) in [5, 5.41) is 13.8. The van der Waals surface area contributed by atoms with Crippen LogP contribution in [-0.4, -0.2) is 33.6 Å². The fourth-order valence-electron chi connectivity index (χ4n) is 2.15. The number of aliphatic hydroxyl groups is 1. The normalized spacial score (nSPS) is 22.3. The molecule has 1 aliphatic rings. The highest BCUT2D eigenvalue weighted by Crippen LogP contribution is 2.41. The van der Waals surface area contributed by atoms with Crippen molar-refractivity contribution >= 4 is 11.6 Å². The average Bonchev–Trinajstić information content (AvgIpc) is 3.03.